The number of benzene rings is 1. The lowest BCUT2D eigenvalue weighted by Gasteiger charge is -2.17. The molecule has 0 aliphatic carbocycles. The van der Waals surface area contributed by atoms with Crippen LogP contribution in [0.5, 0.6) is 11.5 Å². The second kappa shape index (κ2) is 5.22. The second-order valence-corrected chi connectivity index (χ2v) is 4.61. The molecule has 0 bridgehead atoms. The van der Waals surface area contributed by atoms with Gasteiger partial charge in [-0.2, -0.15) is 5.10 Å². The molecule has 0 spiro atoms. The van der Waals surface area contributed by atoms with Crippen molar-refractivity contribution in [2.75, 3.05) is 12.4 Å². The molecule has 0 aliphatic heterocycles. The molecule has 2 aromatic rings. The Kier molecular flexibility index (Phi) is 3.64. The van der Waals surface area contributed by atoms with Gasteiger partial charge in [0.25, 0.3) is 0 Å². The zero-order valence-electron chi connectivity index (χ0n) is 11.6. The molecule has 0 saturated heterocycles. The first-order chi connectivity index (χ1) is 9.02. The van der Waals surface area contributed by atoms with Crippen LogP contribution in [0, 0.1) is 13.8 Å². The van der Waals surface area contributed by atoms with Gasteiger partial charge in [-0.3, -0.25) is 5.10 Å². The van der Waals surface area contributed by atoms with Crippen LogP contribution in [0.2, 0.25) is 0 Å². The number of H-pyrrole nitrogens is 1. The molecule has 1 unspecified atom stereocenters. The molecule has 0 amide bonds. The van der Waals surface area contributed by atoms with E-state index in [1.165, 1.54) is 0 Å². The highest BCUT2D eigenvalue weighted by molar-refractivity contribution is 5.53. The number of aromatic hydroxyl groups is 1. The number of aromatic nitrogens is 2. The van der Waals surface area contributed by atoms with Crippen LogP contribution in [0.1, 0.15) is 29.9 Å². The van der Waals surface area contributed by atoms with Crippen molar-refractivity contribution < 1.29 is 9.84 Å². The molecule has 1 aromatic carbocycles. The molecular weight excluding hydrogens is 242 g/mol. The van der Waals surface area contributed by atoms with Crippen molar-refractivity contribution in [2.24, 2.45) is 0 Å². The number of ether oxygens (including phenoxy) is 1. The predicted octanol–water partition coefficient (Wildman–Crippen LogP) is 2.91. The van der Waals surface area contributed by atoms with Crippen LogP contribution >= 0.6 is 0 Å². The minimum absolute atomic E-state index is 0.0875. The molecule has 0 aliphatic rings. The van der Waals surface area contributed by atoms with Gasteiger partial charge in [-0.15, -0.1) is 0 Å². The number of phenolic OH excluding ortho intramolecular Hbond substituents is 1. The summed E-state index contributed by atoms with van der Waals surface area (Å²) in [6.45, 7) is 5.99. The summed E-state index contributed by atoms with van der Waals surface area (Å²) in [5, 5.41) is 20.1. The van der Waals surface area contributed by atoms with Crippen LogP contribution in [0.15, 0.2) is 18.2 Å². The van der Waals surface area contributed by atoms with Gasteiger partial charge in [0.1, 0.15) is 0 Å². The first-order valence-electron chi connectivity index (χ1n) is 6.18. The molecule has 5 heteroatoms. The van der Waals surface area contributed by atoms with Gasteiger partial charge in [0.05, 0.1) is 24.2 Å². The van der Waals surface area contributed by atoms with E-state index in [2.05, 4.69) is 22.4 Å². The largest absolute Gasteiger partial charge is 0.504 e. The molecule has 102 valence electrons. The Hall–Kier alpha value is -2.17. The summed E-state index contributed by atoms with van der Waals surface area (Å²) in [6.07, 6.45) is 0. The van der Waals surface area contributed by atoms with Crippen LogP contribution in [0.25, 0.3) is 0 Å². The normalized spacial score (nSPS) is 12.2. The van der Waals surface area contributed by atoms with Crippen LogP contribution in [-0.2, 0) is 0 Å². The number of nitrogens with zero attached hydrogens (tertiary/aromatic N) is 1. The van der Waals surface area contributed by atoms with E-state index in [1.807, 2.05) is 26.0 Å². The van der Waals surface area contributed by atoms with E-state index in [1.54, 1.807) is 13.2 Å². The van der Waals surface area contributed by atoms with E-state index in [4.69, 9.17) is 4.74 Å². The topological polar surface area (TPSA) is 70.2 Å². The Morgan fingerprint density at radius 2 is 2.11 bits per heavy atom. The summed E-state index contributed by atoms with van der Waals surface area (Å²) < 4.78 is 5.12. The fraction of sp³-hybridized carbons (Fsp3) is 0.357. The van der Waals surface area contributed by atoms with Crippen molar-refractivity contribution >= 4 is 5.69 Å². The summed E-state index contributed by atoms with van der Waals surface area (Å²) in [5.41, 5.74) is 4.00. The minimum Gasteiger partial charge on any atom is -0.504 e. The number of hydrogen-bond acceptors (Lipinski definition) is 4. The van der Waals surface area contributed by atoms with E-state index in [0.717, 1.165) is 22.6 Å². The molecule has 0 saturated carbocycles. The van der Waals surface area contributed by atoms with Gasteiger partial charge in [-0.25, -0.2) is 0 Å². The summed E-state index contributed by atoms with van der Waals surface area (Å²) in [5.74, 6) is 0.626. The second-order valence-electron chi connectivity index (χ2n) is 4.61. The lowest BCUT2D eigenvalue weighted by molar-refractivity contribution is 0.373. The SMILES string of the molecule is COc1cc(C(C)Nc2c(C)n[nH]c2C)ccc1O. The average molecular weight is 261 g/mol. The summed E-state index contributed by atoms with van der Waals surface area (Å²) >= 11 is 0. The van der Waals surface area contributed by atoms with E-state index < -0.39 is 0 Å². The van der Waals surface area contributed by atoms with Gasteiger partial charge in [0.15, 0.2) is 11.5 Å². The maximum atomic E-state index is 9.60. The Labute approximate surface area is 112 Å². The van der Waals surface area contributed by atoms with Gasteiger partial charge in [-0.05, 0) is 38.5 Å². The summed E-state index contributed by atoms with van der Waals surface area (Å²) in [6, 6.07) is 5.43. The van der Waals surface area contributed by atoms with Gasteiger partial charge < -0.3 is 15.2 Å². The Morgan fingerprint density at radius 3 is 2.68 bits per heavy atom. The Bertz CT molecular complexity index is 559. The third-order valence-corrected chi connectivity index (χ3v) is 3.19. The number of nitrogens with one attached hydrogen (secondary N) is 2. The van der Waals surface area contributed by atoms with E-state index in [0.29, 0.717) is 5.75 Å². The molecule has 5 nitrogen and oxygen atoms in total. The fourth-order valence-electron chi connectivity index (χ4n) is 2.03. The van der Waals surface area contributed by atoms with Gasteiger partial charge >= 0.3 is 0 Å². The van der Waals surface area contributed by atoms with Crippen molar-refractivity contribution in [3.8, 4) is 11.5 Å². The van der Waals surface area contributed by atoms with Gasteiger partial charge in [0, 0.05) is 6.04 Å². The molecule has 0 radical (unpaired) electrons. The number of anilines is 1. The molecule has 1 atom stereocenters. The first-order valence-corrected chi connectivity index (χ1v) is 6.18. The smallest absolute Gasteiger partial charge is 0.160 e. The monoisotopic (exact) mass is 261 g/mol. The van der Waals surface area contributed by atoms with Gasteiger partial charge in [0.2, 0.25) is 0 Å². The third-order valence-electron chi connectivity index (χ3n) is 3.19. The zero-order valence-corrected chi connectivity index (χ0v) is 11.6. The van der Waals surface area contributed by atoms with Crippen LogP contribution < -0.4 is 10.1 Å². The van der Waals surface area contributed by atoms with Crippen LogP contribution in [-0.4, -0.2) is 22.4 Å². The number of hydrogen-bond donors (Lipinski definition) is 3. The van der Waals surface area contributed by atoms with Crippen molar-refractivity contribution in [3.63, 3.8) is 0 Å². The predicted molar refractivity (Wildman–Crippen MR) is 74.8 cm³/mol. The highest BCUT2D eigenvalue weighted by atomic mass is 16.5. The highest BCUT2D eigenvalue weighted by Crippen LogP contribution is 2.30. The van der Waals surface area contributed by atoms with Crippen LogP contribution in [0.4, 0.5) is 5.69 Å². The standard InChI is InChI=1S/C14H19N3O2/c1-8(15-14-9(2)16-17-10(14)3)11-5-6-12(18)13(7-11)19-4/h5-8,15,18H,1-4H3,(H,16,17). The number of methoxy groups -OCH3 is 1. The third kappa shape index (κ3) is 2.65. The number of phenols is 1. The Morgan fingerprint density at radius 1 is 1.37 bits per heavy atom. The van der Waals surface area contributed by atoms with E-state index >= 15 is 0 Å². The minimum atomic E-state index is 0.0875. The van der Waals surface area contributed by atoms with Crippen LogP contribution in [0.3, 0.4) is 0 Å². The van der Waals surface area contributed by atoms with Crippen molar-refractivity contribution in [2.45, 2.75) is 26.8 Å². The maximum Gasteiger partial charge on any atom is 0.160 e. The number of aryl methyl sites for hydroxylation is 2. The molecule has 1 heterocycles. The molecule has 0 fully saturated rings. The molecule has 19 heavy (non-hydrogen) atoms. The first kappa shape index (κ1) is 13.3. The number of rotatable bonds is 4. The number of aromatic amines is 1. The molecule has 2 rings (SSSR count). The summed E-state index contributed by atoms with van der Waals surface area (Å²) in [4.78, 5) is 0. The van der Waals surface area contributed by atoms with Crippen molar-refractivity contribution in [1.29, 1.82) is 0 Å². The highest BCUT2D eigenvalue weighted by Gasteiger charge is 2.13. The quantitative estimate of drug-likeness (QED) is 0.791. The Balaban J connectivity index is 2.23. The maximum absolute atomic E-state index is 9.60. The lowest BCUT2D eigenvalue weighted by Crippen LogP contribution is -2.08. The van der Waals surface area contributed by atoms with Crippen molar-refractivity contribution in [1.82, 2.24) is 10.2 Å². The average Bonchev–Trinajstić information content (AvgIpc) is 2.71. The fourth-order valence-corrected chi connectivity index (χ4v) is 2.03. The molecule has 1 aromatic heterocycles. The van der Waals surface area contributed by atoms with E-state index in [-0.39, 0.29) is 11.8 Å². The summed E-state index contributed by atoms with van der Waals surface area (Å²) in [7, 11) is 1.54. The van der Waals surface area contributed by atoms with E-state index in [9.17, 15) is 5.11 Å². The van der Waals surface area contributed by atoms with Crippen molar-refractivity contribution in [3.05, 3.63) is 35.2 Å². The lowest BCUT2D eigenvalue weighted by atomic mass is 10.1. The van der Waals surface area contributed by atoms with Gasteiger partial charge in [-0.1, -0.05) is 6.07 Å². The molecular formula is C14H19N3O2. The molecule has 3 N–H and O–H groups in total. The zero-order chi connectivity index (χ0) is 14.0.